The van der Waals surface area contributed by atoms with E-state index in [9.17, 15) is 5.11 Å². The van der Waals surface area contributed by atoms with Gasteiger partial charge in [-0.1, -0.05) is 77.3 Å². The Hall–Kier alpha value is -0.970. The molecule has 0 aromatic heterocycles. The molecule has 2 heteroatoms. The third-order valence-corrected chi connectivity index (χ3v) is 12.5. The third-order valence-electron chi connectivity index (χ3n) is 12.2. The first kappa shape index (κ1) is 27.6. The van der Waals surface area contributed by atoms with Crippen molar-refractivity contribution in [3.8, 4) is 11.8 Å². The number of hydrogen-bond donors (Lipinski definition) is 1. The molecule has 0 bridgehead atoms. The molecule has 0 amide bonds. The molecule has 1 nitrogen and oxygen atoms in total. The minimum atomic E-state index is -0.844. The molecule has 4 fully saturated rings. The largest absolute Gasteiger partial charge is 0.378 e. The summed E-state index contributed by atoms with van der Waals surface area (Å²) in [7, 11) is 0. The molecule has 9 atom stereocenters. The van der Waals surface area contributed by atoms with E-state index in [1.807, 2.05) is 24.3 Å². The maximum Gasteiger partial charge on any atom is 0.126 e. The van der Waals surface area contributed by atoms with Gasteiger partial charge in [-0.15, -0.1) is 0 Å². The van der Waals surface area contributed by atoms with Crippen molar-refractivity contribution in [2.45, 2.75) is 117 Å². The van der Waals surface area contributed by atoms with Gasteiger partial charge in [-0.2, -0.15) is 0 Å². The highest BCUT2D eigenvalue weighted by Gasteiger charge is 2.61. The van der Waals surface area contributed by atoms with E-state index in [4.69, 9.17) is 11.6 Å². The van der Waals surface area contributed by atoms with Crippen molar-refractivity contribution in [3.05, 3.63) is 34.9 Å². The average molecular weight is 523 g/mol. The summed E-state index contributed by atoms with van der Waals surface area (Å²) in [6.07, 6.45) is 15.5. The van der Waals surface area contributed by atoms with Crippen LogP contribution in [-0.2, 0) is 0 Å². The second-order valence-electron chi connectivity index (χ2n) is 14.7. The maximum atomic E-state index is 11.5. The number of hydrogen-bond acceptors (Lipinski definition) is 1. The molecule has 4 saturated carbocycles. The fourth-order valence-corrected chi connectivity index (χ4v) is 10.2. The van der Waals surface area contributed by atoms with Gasteiger partial charge in [0.1, 0.15) is 5.60 Å². The highest BCUT2D eigenvalue weighted by Crippen LogP contribution is 2.68. The van der Waals surface area contributed by atoms with Gasteiger partial charge in [-0.3, -0.25) is 0 Å². The zero-order valence-electron chi connectivity index (χ0n) is 24.2. The van der Waals surface area contributed by atoms with Crippen LogP contribution in [0.15, 0.2) is 24.3 Å². The lowest BCUT2D eigenvalue weighted by Crippen LogP contribution is -2.55. The Bertz CT molecular complexity index is 1000. The molecule has 1 aromatic carbocycles. The Morgan fingerprint density at radius 2 is 1.62 bits per heavy atom. The Morgan fingerprint density at radius 3 is 2.35 bits per heavy atom. The molecule has 1 N–H and O–H groups in total. The molecule has 4 aliphatic rings. The summed E-state index contributed by atoms with van der Waals surface area (Å²) in [5.41, 5.74) is 1.03. The van der Waals surface area contributed by atoms with Crippen molar-refractivity contribution in [3.63, 3.8) is 0 Å². The first-order valence-electron chi connectivity index (χ1n) is 15.6. The molecule has 0 heterocycles. The minimum absolute atomic E-state index is 0.374. The zero-order chi connectivity index (χ0) is 26.4. The molecular weight excluding hydrogens is 472 g/mol. The van der Waals surface area contributed by atoms with Crippen LogP contribution < -0.4 is 0 Å². The van der Waals surface area contributed by atoms with E-state index in [0.29, 0.717) is 16.7 Å². The Kier molecular flexibility index (Phi) is 7.86. The molecule has 8 unspecified atom stereocenters. The Balaban J connectivity index is 1.26. The predicted octanol–water partition coefficient (Wildman–Crippen LogP) is 9.54. The second kappa shape index (κ2) is 10.5. The van der Waals surface area contributed by atoms with Crippen molar-refractivity contribution < 1.29 is 5.11 Å². The Labute approximate surface area is 232 Å². The predicted molar refractivity (Wildman–Crippen MR) is 156 cm³/mol. The molecule has 37 heavy (non-hydrogen) atoms. The molecule has 0 radical (unpaired) electrons. The topological polar surface area (TPSA) is 20.2 Å². The van der Waals surface area contributed by atoms with E-state index < -0.39 is 5.60 Å². The maximum absolute atomic E-state index is 11.5. The summed E-state index contributed by atoms with van der Waals surface area (Å²) in [5.74, 6) is 12.5. The van der Waals surface area contributed by atoms with Gasteiger partial charge >= 0.3 is 0 Å². The zero-order valence-corrected chi connectivity index (χ0v) is 24.9. The molecule has 1 aromatic rings. The smallest absolute Gasteiger partial charge is 0.126 e. The van der Waals surface area contributed by atoms with E-state index in [1.165, 1.54) is 57.8 Å². The van der Waals surface area contributed by atoms with Crippen molar-refractivity contribution in [2.24, 2.45) is 52.3 Å². The lowest BCUT2D eigenvalue weighted by atomic mass is 9.43. The molecule has 0 aliphatic heterocycles. The highest BCUT2D eigenvalue weighted by atomic mass is 35.5. The standard InChI is InChI=1S/C35H51ClO/c1-24(2)7-6-8-25(3)30-15-16-31-29-14-11-27-23-35(37,20-17-26-9-12-28(36)13-10-26)22-21-33(27,4)32(29)18-19-34(30,31)5/h9-10,12-13,24-25,27,29-32,37H,6-8,11,14-16,18-19,21-23H2,1-5H3/t25?,27?,29?,30?,31?,32?,33?,34?,35-/m0/s1. The molecule has 5 rings (SSSR count). The second-order valence-corrected chi connectivity index (χ2v) is 15.1. The number of benzene rings is 1. The quantitative estimate of drug-likeness (QED) is 0.381. The lowest BCUT2D eigenvalue weighted by Gasteiger charge is -2.62. The summed E-state index contributed by atoms with van der Waals surface area (Å²) >= 11 is 6.03. The van der Waals surface area contributed by atoms with Crippen molar-refractivity contribution >= 4 is 11.6 Å². The summed E-state index contributed by atoms with van der Waals surface area (Å²) in [6, 6.07) is 7.67. The van der Waals surface area contributed by atoms with Crippen molar-refractivity contribution in [1.82, 2.24) is 0 Å². The first-order valence-corrected chi connectivity index (χ1v) is 15.9. The SMILES string of the molecule is CC(C)CCCC(C)C1CCC2C3CCC4C[C@](O)(C#Cc5ccc(Cl)cc5)CCC4(C)C3CCC12C. The molecule has 204 valence electrons. The first-order chi connectivity index (χ1) is 17.5. The van der Waals surface area contributed by atoms with Gasteiger partial charge < -0.3 is 5.11 Å². The Morgan fingerprint density at radius 1 is 0.892 bits per heavy atom. The highest BCUT2D eigenvalue weighted by molar-refractivity contribution is 6.30. The van der Waals surface area contributed by atoms with E-state index in [0.717, 1.165) is 65.4 Å². The van der Waals surface area contributed by atoms with E-state index >= 15 is 0 Å². The van der Waals surface area contributed by atoms with Crippen LogP contribution in [0, 0.1) is 64.1 Å². The number of fused-ring (bicyclic) bond motifs is 5. The average Bonchev–Trinajstić information content (AvgIpc) is 3.21. The summed E-state index contributed by atoms with van der Waals surface area (Å²) < 4.78 is 0. The van der Waals surface area contributed by atoms with Gasteiger partial charge in [0.2, 0.25) is 0 Å². The van der Waals surface area contributed by atoms with Crippen molar-refractivity contribution in [2.75, 3.05) is 0 Å². The number of halogens is 1. The van der Waals surface area contributed by atoms with Crippen molar-refractivity contribution in [1.29, 1.82) is 0 Å². The van der Waals surface area contributed by atoms with Crippen LogP contribution in [0.25, 0.3) is 0 Å². The number of rotatable bonds is 5. The van der Waals surface area contributed by atoms with Crippen LogP contribution in [-0.4, -0.2) is 10.7 Å². The van der Waals surface area contributed by atoms with Crippen LogP contribution in [0.1, 0.15) is 117 Å². The van der Waals surface area contributed by atoms with Gasteiger partial charge in [-0.25, -0.2) is 0 Å². The molecule has 0 saturated heterocycles. The lowest BCUT2D eigenvalue weighted by molar-refractivity contribution is -0.140. The third kappa shape index (κ3) is 5.29. The molecule has 0 spiro atoms. The van der Waals surface area contributed by atoms with Crippen LogP contribution >= 0.6 is 11.6 Å². The molecule has 4 aliphatic carbocycles. The summed E-state index contributed by atoms with van der Waals surface area (Å²) in [6.45, 7) is 12.6. The van der Waals surface area contributed by atoms with Crippen LogP contribution in [0.3, 0.4) is 0 Å². The number of aliphatic hydroxyl groups is 1. The van der Waals surface area contributed by atoms with Gasteiger partial charge in [-0.05, 0) is 134 Å². The van der Waals surface area contributed by atoms with Gasteiger partial charge in [0, 0.05) is 10.6 Å². The van der Waals surface area contributed by atoms with E-state index in [-0.39, 0.29) is 0 Å². The van der Waals surface area contributed by atoms with Gasteiger partial charge in [0.15, 0.2) is 0 Å². The monoisotopic (exact) mass is 522 g/mol. The van der Waals surface area contributed by atoms with Crippen LogP contribution in [0.4, 0.5) is 0 Å². The van der Waals surface area contributed by atoms with Crippen LogP contribution in [0.2, 0.25) is 5.02 Å². The summed E-state index contributed by atoms with van der Waals surface area (Å²) in [5, 5.41) is 12.3. The van der Waals surface area contributed by atoms with Gasteiger partial charge in [0.25, 0.3) is 0 Å². The summed E-state index contributed by atoms with van der Waals surface area (Å²) in [4.78, 5) is 0. The van der Waals surface area contributed by atoms with E-state index in [1.54, 1.807) is 0 Å². The van der Waals surface area contributed by atoms with E-state index in [2.05, 4.69) is 46.5 Å². The fourth-order valence-electron chi connectivity index (χ4n) is 10.1. The fraction of sp³-hybridized carbons (Fsp3) is 0.771. The normalized spacial score (nSPS) is 41.8. The molecular formula is C35H51ClO. The minimum Gasteiger partial charge on any atom is -0.378 e. The van der Waals surface area contributed by atoms with Gasteiger partial charge in [0.05, 0.1) is 0 Å². The van der Waals surface area contributed by atoms with Crippen LogP contribution in [0.5, 0.6) is 0 Å².